The van der Waals surface area contributed by atoms with Crippen molar-refractivity contribution in [3.05, 3.63) is 47.9 Å². The molecule has 1 atom stereocenters. The lowest BCUT2D eigenvalue weighted by atomic mass is 10.1. The lowest BCUT2D eigenvalue weighted by Crippen LogP contribution is -2.43. The van der Waals surface area contributed by atoms with Crippen molar-refractivity contribution >= 4 is 29.1 Å². The summed E-state index contributed by atoms with van der Waals surface area (Å²) in [4.78, 5) is 38.5. The van der Waals surface area contributed by atoms with Crippen LogP contribution in [0.3, 0.4) is 0 Å². The number of carbonyl (C=O) groups is 3. The number of halogens is 4. The largest absolute Gasteiger partial charge is 0.459 e. The summed E-state index contributed by atoms with van der Waals surface area (Å²) in [7, 11) is 0. The van der Waals surface area contributed by atoms with Gasteiger partial charge < -0.3 is 19.5 Å². The van der Waals surface area contributed by atoms with Gasteiger partial charge in [0.1, 0.15) is 5.69 Å². The Hall–Kier alpha value is -3.61. The highest BCUT2D eigenvalue weighted by molar-refractivity contribution is 5.96. The van der Waals surface area contributed by atoms with Crippen LogP contribution in [0, 0.1) is 17.6 Å². The molecule has 1 aromatic carbocycles. The van der Waals surface area contributed by atoms with Crippen molar-refractivity contribution in [3.63, 3.8) is 0 Å². The summed E-state index contributed by atoms with van der Waals surface area (Å²) in [5, 5.41) is 3.37. The van der Waals surface area contributed by atoms with E-state index in [0.29, 0.717) is 0 Å². The molecule has 1 aromatic heterocycles. The van der Waals surface area contributed by atoms with E-state index in [-0.39, 0.29) is 62.8 Å². The highest BCUT2D eigenvalue weighted by atomic mass is 19.3. The molecule has 9 nitrogen and oxygen atoms in total. The van der Waals surface area contributed by atoms with E-state index in [4.69, 9.17) is 4.42 Å². The molecule has 188 valence electrons. The molecular weight excluding hydrogens is 474 g/mol. The zero-order chi connectivity index (χ0) is 25.1. The van der Waals surface area contributed by atoms with Crippen molar-refractivity contribution in [3.8, 4) is 0 Å². The zero-order valence-corrected chi connectivity index (χ0v) is 18.5. The van der Waals surface area contributed by atoms with Crippen LogP contribution in [-0.2, 0) is 9.59 Å². The van der Waals surface area contributed by atoms with Crippen molar-refractivity contribution in [1.29, 1.82) is 0 Å². The predicted octanol–water partition coefficient (Wildman–Crippen LogP) is 1.76. The van der Waals surface area contributed by atoms with E-state index in [1.807, 2.05) is 0 Å². The third kappa shape index (κ3) is 5.39. The molecule has 35 heavy (non-hydrogen) atoms. The minimum absolute atomic E-state index is 0.000920. The summed E-state index contributed by atoms with van der Waals surface area (Å²) in [6.45, 7) is 0.603. The van der Waals surface area contributed by atoms with E-state index in [1.54, 1.807) is 6.07 Å². The number of alkyl halides is 2. The summed E-state index contributed by atoms with van der Waals surface area (Å²) in [5.41, 5.74) is 2.63. The maximum absolute atomic E-state index is 15.1. The van der Waals surface area contributed by atoms with Crippen LogP contribution in [0.25, 0.3) is 0 Å². The average molecular weight is 497 g/mol. The van der Waals surface area contributed by atoms with Gasteiger partial charge in [-0.3, -0.25) is 19.4 Å². The van der Waals surface area contributed by atoms with Gasteiger partial charge in [-0.25, -0.2) is 14.2 Å². The molecule has 0 unspecified atom stereocenters. The molecule has 0 saturated carbocycles. The predicted molar refractivity (Wildman–Crippen MR) is 116 cm³/mol. The van der Waals surface area contributed by atoms with Crippen molar-refractivity contribution < 1.29 is 36.4 Å². The molecule has 0 aliphatic carbocycles. The minimum Gasteiger partial charge on any atom is -0.459 e. The summed E-state index contributed by atoms with van der Waals surface area (Å²) < 4.78 is 59.9. The standard InChI is InChI=1S/C22H23F4N5O4/c23-15-9-14(30-12-13(8-18(30)32)11-27-21(33)20(25)26)10-16(24)19(15)29-4-3-28-31(6-5-29)22(34)17-2-1-7-35-17/h1-2,7,9-10,13,20,28H,3-6,8,11-12H2,(H,27,33)/t13-/m0/s1. The Morgan fingerprint density at radius 2 is 1.91 bits per heavy atom. The Kier molecular flexibility index (Phi) is 7.24. The number of hydrazine groups is 1. The molecule has 0 radical (unpaired) electrons. The van der Waals surface area contributed by atoms with Crippen LogP contribution in [0.2, 0.25) is 0 Å². The molecule has 0 spiro atoms. The second-order valence-corrected chi connectivity index (χ2v) is 8.21. The van der Waals surface area contributed by atoms with Gasteiger partial charge in [0, 0.05) is 50.7 Å². The first-order valence-electron chi connectivity index (χ1n) is 10.9. The van der Waals surface area contributed by atoms with Crippen LogP contribution in [0.4, 0.5) is 28.9 Å². The van der Waals surface area contributed by atoms with E-state index >= 15 is 8.78 Å². The second-order valence-electron chi connectivity index (χ2n) is 8.21. The highest BCUT2D eigenvalue weighted by Crippen LogP contribution is 2.32. The summed E-state index contributed by atoms with van der Waals surface area (Å²) in [6.07, 6.45) is -1.84. The summed E-state index contributed by atoms with van der Waals surface area (Å²) in [6, 6.07) is 5.18. The van der Waals surface area contributed by atoms with Crippen LogP contribution in [-0.4, -0.2) is 68.4 Å². The SMILES string of the molecule is O=C(NC[C@@H]1CC(=O)N(c2cc(F)c(N3CCNN(C(=O)c4ccco4)CC3)c(F)c2)C1)C(F)F. The number of anilines is 2. The molecule has 4 rings (SSSR count). The van der Waals surface area contributed by atoms with Gasteiger partial charge in [0.05, 0.1) is 12.8 Å². The normalized spacial score (nSPS) is 18.8. The van der Waals surface area contributed by atoms with Gasteiger partial charge >= 0.3 is 12.3 Å². The Bertz CT molecular complexity index is 1070. The van der Waals surface area contributed by atoms with Crippen LogP contribution in [0.1, 0.15) is 17.0 Å². The number of rotatable bonds is 6. The molecule has 3 amide bonds. The number of hydrogen-bond donors (Lipinski definition) is 2. The van der Waals surface area contributed by atoms with Crippen molar-refractivity contribution in [2.24, 2.45) is 5.92 Å². The Balaban J connectivity index is 1.43. The number of nitrogens with zero attached hydrogens (tertiary/aromatic N) is 3. The van der Waals surface area contributed by atoms with Crippen LogP contribution in [0.15, 0.2) is 34.9 Å². The molecule has 13 heteroatoms. The number of nitrogens with one attached hydrogen (secondary N) is 2. The van der Waals surface area contributed by atoms with Crippen molar-refractivity contribution in [2.45, 2.75) is 12.8 Å². The van der Waals surface area contributed by atoms with Crippen LogP contribution in [0.5, 0.6) is 0 Å². The second kappa shape index (κ2) is 10.3. The lowest BCUT2D eigenvalue weighted by molar-refractivity contribution is -0.132. The molecule has 3 heterocycles. The third-order valence-electron chi connectivity index (χ3n) is 5.85. The first kappa shape index (κ1) is 24.5. The van der Waals surface area contributed by atoms with Gasteiger partial charge in [0.2, 0.25) is 5.91 Å². The maximum atomic E-state index is 15.1. The zero-order valence-electron chi connectivity index (χ0n) is 18.5. The van der Waals surface area contributed by atoms with Gasteiger partial charge in [-0.2, -0.15) is 8.78 Å². The molecule has 2 N–H and O–H groups in total. The third-order valence-corrected chi connectivity index (χ3v) is 5.85. The van der Waals surface area contributed by atoms with Crippen LogP contribution >= 0.6 is 0 Å². The number of hydrogen-bond acceptors (Lipinski definition) is 6. The number of benzene rings is 1. The number of furan rings is 1. The first-order chi connectivity index (χ1) is 16.7. The Labute approximate surface area is 197 Å². The van der Waals surface area contributed by atoms with Gasteiger partial charge in [-0.1, -0.05) is 0 Å². The molecule has 2 saturated heterocycles. The minimum atomic E-state index is -3.16. The lowest BCUT2D eigenvalue weighted by Gasteiger charge is -2.25. The molecule has 2 aliphatic heterocycles. The molecule has 2 aromatic rings. The van der Waals surface area contributed by atoms with E-state index in [1.165, 1.54) is 27.1 Å². The molecule has 0 bridgehead atoms. The Morgan fingerprint density at radius 3 is 2.57 bits per heavy atom. The van der Waals surface area contributed by atoms with Gasteiger partial charge in [0.25, 0.3) is 5.91 Å². The summed E-state index contributed by atoms with van der Waals surface area (Å²) >= 11 is 0. The quantitative estimate of drug-likeness (QED) is 0.591. The maximum Gasteiger partial charge on any atom is 0.315 e. The molecular formula is C22H23F4N5O4. The van der Waals surface area contributed by atoms with Gasteiger partial charge in [-0.05, 0) is 24.3 Å². The smallest absolute Gasteiger partial charge is 0.315 e. The highest BCUT2D eigenvalue weighted by Gasteiger charge is 2.33. The van der Waals surface area contributed by atoms with E-state index in [0.717, 1.165) is 12.1 Å². The topological polar surface area (TPSA) is 98.1 Å². The number of amides is 3. The first-order valence-corrected chi connectivity index (χ1v) is 10.9. The van der Waals surface area contributed by atoms with E-state index in [2.05, 4.69) is 10.7 Å². The van der Waals surface area contributed by atoms with Crippen molar-refractivity contribution in [1.82, 2.24) is 15.8 Å². The Morgan fingerprint density at radius 1 is 1.17 bits per heavy atom. The summed E-state index contributed by atoms with van der Waals surface area (Å²) in [5.74, 6) is -4.37. The average Bonchev–Trinajstić information content (AvgIpc) is 3.41. The monoisotopic (exact) mass is 497 g/mol. The number of carbonyl (C=O) groups excluding carboxylic acids is 3. The fourth-order valence-corrected chi connectivity index (χ4v) is 4.16. The fourth-order valence-electron chi connectivity index (χ4n) is 4.16. The van der Waals surface area contributed by atoms with Gasteiger partial charge in [-0.15, -0.1) is 0 Å². The molecule has 2 aliphatic rings. The molecule has 2 fully saturated rings. The van der Waals surface area contributed by atoms with Gasteiger partial charge in [0.15, 0.2) is 17.4 Å². The van der Waals surface area contributed by atoms with Crippen molar-refractivity contribution in [2.75, 3.05) is 49.1 Å². The van der Waals surface area contributed by atoms with E-state index < -0.39 is 41.7 Å². The van der Waals surface area contributed by atoms with Crippen LogP contribution < -0.4 is 20.5 Å². The fraction of sp³-hybridized carbons (Fsp3) is 0.409. The van der Waals surface area contributed by atoms with E-state index in [9.17, 15) is 23.2 Å².